The lowest BCUT2D eigenvalue weighted by atomic mass is 10.1. The van der Waals surface area contributed by atoms with Crippen molar-refractivity contribution in [3.05, 3.63) is 29.8 Å². The summed E-state index contributed by atoms with van der Waals surface area (Å²) in [5, 5.41) is 0. The molecule has 0 N–H and O–H groups in total. The highest BCUT2D eigenvalue weighted by atomic mass is 127. The van der Waals surface area contributed by atoms with Crippen LogP contribution in [0.15, 0.2) is 24.3 Å². The zero-order valence-electron chi connectivity index (χ0n) is 8.03. The summed E-state index contributed by atoms with van der Waals surface area (Å²) in [5.41, 5.74) is 2.44. The van der Waals surface area contributed by atoms with Crippen LogP contribution >= 0.6 is 22.6 Å². The van der Waals surface area contributed by atoms with E-state index in [0.717, 1.165) is 12.3 Å². The molecule has 2 rings (SSSR count). The maximum atomic E-state index is 5.59. The molecule has 0 saturated carbocycles. The van der Waals surface area contributed by atoms with Crippen LogP contribution in [0.3, 0.4) is 0 Å². The Morgan fingerprint density at radius 1 is 1.50 bits per heavy atom. The molecule has 1 aromatic carbocycles. The lowest BCUT2D eigenvalue weighted by molar-refractivity contribution is 0.404. The molecule has 0 unspecified atom stereocenters. The second-order valence-corrected chi connectivity index (χ2v) is 3.85. The number of halogens is 1. The molecular weight excluding hydrogens is 289 g/mol. The molecule has 0 spiro atoms. The van der Waals surface area contributed by atoms with E-state index in [4.69, 9.17) is 4.74 Å². The average Bonchev–Trinajstić information content (AvgIpc) is 2.19. The summed E-state index contributed by atoms with van der Waals surface area (Å²) in [7, 11) is 2.09. The maximum absolute atomic E-state index is 5.59. The molecule has 0 radical (unpaired) electrons. The van der Waals surface area contributed by atoms with Gasteiger partial charge in [-0.05, 0) is 28.7 Å². The number of likely N-dealkylation sites (N-methyl/N-ethyl adjacent to an activating group) is 1. The number of para-hydroxylation sites is 1. The Morgan fingerprint density at radius 2 is 2.36 bits per heavy atom. The first-order valence-electron chi connectivity index (χ1n) is 4.52. The van der Waals surface area contributed by atoms with Crippen molar-refractivity contribution in [3.8, 4) is 5.75 Å². The van der Waals surface area contributed by atoms with Gasteiger partial charge in [-0.25, -0.2) is 0 Å². The fourth-order valence-electron chi connectivity index (χ4n) is 1.69. The van der Waals surface area contributed by atoms with E-state index in [0.29, 0.717) is 4.61 Å². The van der Waals surface area contributed by atoms with Crippen molar-refractivity contribution in [2.75, 3.05) is 23.1 Å². The predicted molar refractivity (Wildman–Crippen MR) is 68.3 cm³/mol. The molecule has 0 bridgehead atoms. The zero-order valence-corrected chi connectivity index (χ0v) is 10.2. The molecule has 14 heavy (non-hydrogen) atoms. The number of hydrogen-bond donors (Lipinski definition) is 0. The van der Waals surface area contributed by atoms with E-state index in [2.05, 4.69) is 52.8 Å². The van der Waals surface area contributed by atoms with E-state index in [-0.39, 0.29) is 0 Å². The number of hydrogen-bond acceptors (Lipinski definition) is 2. The van der Waals surface area contributed by atoms with Crippen molar-refractivity contribution in [1.29, 1.82) is 0 Å². The molecule has 0 aromatic heterocycles. The quantitative estimate of drug-likeness (QED) is 0.615. The number of rotatable bonds is 2. The van der Waals surface area contributed by atoms with Crippen LogP contribution in [0.25, 0.3) is 6.08 Å². The van der Waals surface area contributed by atoms with Gasteiger partial charge in [0, 0.05) is 19.2 Å². The van der Waals surface area contributed by atoms with Gasteiger partial charge in [0.25, 0.3) is 0 Å². The highest BCUT2D eigenvalue weighted by molar-refractivity contribution is 14.1. The molecule has 0 aliphatic carbocycles. The third-order valence-electron chi connectivity index (χ3n) is 2.30. The fourth-order valence-corrected chi connectivity index (χ4v) is 2.02. The Morgan fingerprint density at radius 3 is 3.14 bits per heavy atom. The van der Waals surface area contributed by atoms with Crippen molar-refractivity contribution >= 4 is 34.4 Å². The van der Waals surface area contributed by atoms with Crippen LogP contribution in [0.1, 0.15) is 5.56 Å². The third kappa shape index (κ3) is 1.73. The van der Waals surface area contributed by atoms with Crippen LogP contribution in [-0.4, -0.2) is 18.2 Å². The summed E-state index contributed by atoms with van der Waals surface area (Å²) in [6, 6.07) is 6.17. The minimum absolute atomic E-state index is 0.686. The third-order valence-corrected chi connectivity index (χ3v) is 2.61. The Hall–Kier alpha value is -0.710. The van der Waals surface area contributed by atoms with E-state index in [9.17, 15) is 0 Å². The van der Waals surface area contributed by atoms with Crippen LogP contribution in [0, 0.1) is 0 Å². The first-order valence-corrected chi connectivity index (χ1v) is 6.05. The normalized spacial score (nSPS) is 14.0. The second-order valence-electron chi connectivity index (χ2n) is 3.23. The first kappa shape index (κ1) is 9.83. The van der Waals surface area contributed by atoms with Gasteiger partial charge in [0.2, 0.25) is 0 Å². The Balaban J connectivity index is 2.47. The van der Waals surface area contributed by atoms with Crippen molar-refractivity contribution in [2.45, 2.75) is 0 Å². The number of benzene rings is 1. The maximum Gasteiger partial charge on any atom is 0.144 e. The summed E-state index contributed by atoms with van der Waals surface area (Å²) in [4.78, 5) is 2.21. The minimum atomic E-state index is 0.686. The van der Waals surface area contributed by atoms with Gasteiger partial charge >= 0.3 is 0 Å². The van der Waals surface area contributed by atoms with E-state index in [1.165, 1.54) is 11.3 Å². The molecule has 0 atom stereocenters. The number of anilines is 1. The molecule has 3 heteroatoms. The highest BCUT2D eigenvalue weighted by Gasteiger charge is 2.14. The topological polar surface area (TPSA) is 12.5 Å². The van der Waals surface area contributed by atoms with Crippen LogP contribution in [0.5, 0.6) is 5.75 Å². The van der Waals surface area contributed by atoms with Gasteiger partial charge in [0.05, 0.1) is 5.69 Å². The smallest absolute Gasteiger partial charge is 0.144 e. The van der Waals surface area contributed by atoms with E-state index < -0.39 is 0 Å². The Kier molecular flexibility index (Phi) is 2.96. The highest BCUT2D eigenvalue weighted by Crippen LogP contribution is 2.34. The summed E-state index contributed by atoms with van der Waals surface area (Å²) < 4.78 is 6.27. The van der Waals surface area contributed by atoms with Gasteiger partial charge in [0.15, 0.2) is 0 Å². The van der Waals surface area contributed by atoms with Gasteiger partial charge in [-0.15, -0.1) is 0 Å². The van der Waals surface area contributed by atoms with Gasteiger partial charge in [0.1, 0.15) is 10.4 Å². The van der Waals surface area contributed by atoms with E-state index in [1.807, 2.05) is 12.1 Å². The molecule has 1 heterocycles. The molecule has 0 saturated heterocycles. The SMILES string of the molecule is CN1CC=Cc2cccc(OCI)c21. The molecule has 0 fully saturated rings. The summed E-state index contributed by atoms with van der Waals surface area (Å²) in [6.45, 7) is 0.953. The molecule has 2 nitrogen and oxygen atoms in total. The molecular formula is C11H12INO. The number of alkyl halides is 1. The summed E-state index contributed by atoms with van der Waals surface area (Å²) in [6.07, 6.45) is 4.31. The van der Waals surface area contributed by atoms with E-state index >= 15 is 0 Å². The lowest BCUT2D eigenvalue weighted by Crippen LogP contribution is -2.21. The van der Waals surface area contributed by atoms with Gasteiger partial charge < -0.3 is 9.64 Å². The van der Waals surface area contributed by atoms with Gasteiger partial charge in [-0.1, -0.05) is 24.3 Å². The zero-order chi connectivity index (χ0) is 9.97. The van der Waals surface area contributed by atoms with Crippen LogP contribution in [-0.2, 0) is 0 Å². The van der Waals surface area contributed by atoms with Crippen LogP contribution in [0.4, 0.5) is 5.69 Å². The summed E-state index contributed by atoms with van der Waals surface area (Å²) >= 11 is 2.21. The number of nitrogens with zero attached hydrogens (tertiary/aromatic N) is 1. The predicted octanol–water partition coefficient (Wildman–Crippen LogP) is 2.92. The lowest BCUT2D eigenvalue weighted by Gasteiger charge is -2.25. The van der Waals surface area contributed by atoms with Crippen molar-refractivity contribution in [3.63, 3.8) is 0 Å². The largest absolute Gasteiger partial charge is 0.481 e. The standard InChI is InChI=1S/C11H12INO/c1-13-7-3-5-9-4-2-6-10(11(9)13)14-8-12/h2-6H,7-8H2,1H3. The average molecular weight is 301 g/mol. The van der Waals surface area contributed by atoms with Crippen molar-refractivity contribution in [2.24, 2.45) is 0 Å². The van der Waals surface area contributed by atoms with E-state index in [1.54, 1.807) is 0 Å². The molecule has 1 aromatic rings. The fraction of sp³-hybridized carbons (Fsp3) is 0.273. The van der Waals surface area contributed by atoms with Crippen molar-refractivity contribution in [1.82, 2.24) is 0 Å². The molecule has 0 amide bonds. The number of ether oxygens (including phenoxy) is 1. The molecule has 1 aliphatic heterocycles. The monoisotopic (exact) mass is 301 g/mol. The summed E-state index contributed by atoms with van der Waals surface area (Å²) in [5.74, 6) is 0.976. The van der Waals surface area contributed by atoms with Gasteiger partial charge in [-0.2, -0.15) is 0 Å². The Bertz CT molecular complexity index is 362. The number of fused-ring (bicyclic) bond motifs is 1. The second kappa shape index (κ2) is 4.21. The molecule has 74 valence electrons. The Labute approximate surface area is 97.7 Å². The molecule has 1 aliphatic rings. The van der Waals surface area contributed by atoms with Crippen LogP contribution < -0.4 is 9.64 Å². The van der Waals surface area contributed by atoms with Crippen molar-refractivity contribution < 1.29 is 4.74 Å². The minimum Gasteiger partial charge on any atom is -0.481 e. The first-order chi connectivity index (χ1) is 6.83. The van der Waals surface area contributed by atoms with Crippen LogP contribution in [0.2, 0.25) is 0 Å². The van der Waals surface area contributed by atoms with Gasteiger partial charge in [-0.3, -0.25) is 0 Å².